The first kappa shape index (κ1) is 21.4. The highest BCUT2D eigenvalue weighted by Crippen LogP contribution is 2.61. The Morgan fingerprint density at radius 1 is 1.27 bits per heavy atom. The molecule has 0 radical (unpaired) electrons. The smallest absolute Gasteiger partial charge is 0.220 e. The molecule has 0 aromatic heterocycles. The number of aromatic hydroxyl groups is 1. The summed E-state index contributed by atoms with van der Waals surface area (Å²) in [6, 6.07) is 4.22. The summed E-state index contributed by atoms with van der Waals surface area (Å²) in [6.45, 7) is 7.09. The van der Waals surface area contributed by atoms with E-state index in [2.05, 4.69) is 32.2 Å². The topological polar surface area (TPSA) is 66.4 Å². The number of aryl methyl sites for hydroxylation is 2. The molecule has 4 rings (SSSR count). The molecule has 3 aliphatic rings. The van der Waals surface area contributed by atoms with Crippen LogP contribution in [0, 0.1) is 23.2 Å². The molecule has 0 aliphatic heterocycles. The molecule has 0 heterocycles. The number of phenols is 1. The van der Waals surface area contributed by atoms with Gasteiger partial charge in [-0.3, -0.25) is 9.59 Å². The number of fused-ring (bicyclic) bond motifs is 5. The van der Waals surface area contributed by atoms with E-state index in [1.165, 1.54) is 11.1 Å². The van der Waals surface area contributed by atoms with Crippen molar-refractivity contribution in [3.63, 3.8) is 0 Å². The number of hydrogen-bond acceptors (Lipinski definition) is 3. The molecular weight excluding hydrogens is 374 g/mol. The van der Waals surface area contributed by atoms with Gasteiger partial charge in [-0.2, -0.15) is 0 Å². The molecule has 1 amide bonds. The van der Waals surface area contributed by atoms with E-state index in [1.807, 2.05) is 6.07 Å². The fourth-order valence-corrected chi connectivity index (χ4v) is 6.76. The second kappa shape index (κ2) is 8.36. The minimum atomic E-state index is -0.266. The van der Waals surface area contributed by atoms with E-state index in [-0.39, 0.29) is 17.2 Å². The summed E-state index contributed by atoms with van der Waals surface area (Å²) in [5, 5.41) is 13.3. The van der Waals surface area contributed by atoms with E-state index in [0.717, 1.165) is 56.9 Å². The van der Waals surface area contributed by atoms with Crippen LogP contribution in [0.4, 0.5) is 0 Å². The minimum Gasteiger partial charge on any atom is -0.508 e. The van der Waals surface area contributed by atoms with Gasteiger partial charge < -0.3 is 10.4 Å². The standard InChI is InChI=1S/C26H37NO3/c1-4-6-11-27-24(29)15-18-13-22-20-8-7-17-14-23(28)16(5-2)12-21(17)19(20)9-10-26(22,3)25(18)30/h12,14,18-20,22,28H,4-11,13,15H2,1-3H3,(H,27,29)/t18-,19+,20-,22+,26+/m1/s1. The monoisotopic (exact) mass is 411 g/mol. The molecule has 0 saturated heterocycles. The van der Waals surface area contributed by atoms with Crippen LogP contribution in [0.3, 0.4) is 0 Å². The fourth-order valence-electron chi connectivity index (χ4n) is 6.76. The highest BCUT2D eigenvalue weighted by atomic mass is 16.3. The van der Waals surface area contributed by atoms with Crippen LogP contribution in [-0.4, -0.2) is 23.3 Å². The summed E-state index contributed by atoms with van der Waals surface area (Å²) < 4.78 is 0. The molecule has 30 heavy (non-hydrogen) atoms. The van der Waals surface area contributed by atoms with Crippen molar-refractivity contribution in [1.29, 1.82) is 0 Å². The van der Waals surface area contributed by atoms with Crippen molar-refractivity contribution in [2.75, 3.05) is 6.54 Å². The van der Waals surface area contributed by atoms with Crippen LogP contribution in [0.15, 0.2) is 12.1 Å². The lowest BCUT2D eigenvalue weighted by molar-refractivity contribution is -0.134. The zero-order valence-corrected chi connectivity index (χ0v) is 18.8. The van der Waals surface area contributed by atoms with Crippen molar-refractivity contribution >= 4 is 11.7 Å². The van der Waals surface area contributed by atoms with E-state index < -0.39 is 0 Å². The first-order valence-corrected chi connectivity index (χ1v) is 12.0. The molecule has 0 bridgehead atoms. The van der Waals surface area contributed by atoms with Crippen LogP contribution >= 0.6 is 0 Å². The number of ketones is 1. The molecule has 0 spiro atoms. The Morgan fingerprint density at radius 3 is 2.80 bits per heavy atom. The van der Waals surface area contributed by atoms with Gasteiger partial charge in [-0.05, 0) is 85.5 Å². The van der Waals surface area contributed by atoms with Crippen LogP contribution in [0.2, 0.25) is 0 Å². The lowest BCUT2D eigenvalue weighted by Gasteiger charge is -2.48. The lowest BCUT2D eigenvalue weighted by Crippen LogP contribution is -2.42. The van der Waals surface area contributed by atoms with Crippen molar-refractivity contribution in [2.24, 2.45) is 23.2 Å². The predicted octanol–water partition coefficient (Wildman–Crippen LogP) is 4.91. The molecule has 164 valence electrons. The zero-order valence-electron chi connectivity index (χ0n) is 18.8. The second-order valence-electron chi connectivity index (χ2n) is 10.1. The Hall–Kier alpha value is -1.84. The van der Waals surface area contributed by atoms with Crippen LogP contribution in [0.5, 0.6) is 5.75 Å². The maximum absolute atomic E-state index is 13.4. The normalized spacial score (nSPS) is 32.3. The number of rotatable bonds is 6. The van der Waals surface area contributed by atoms with Gasteiger partial charge in [-0.15, -0.1) is 0 Å². The first-order chi connectivity index (χ1) is 14.4. The quantitative estimate of drug-likeness (QED) is 0.654. The van der Waals surface area contributed by atoms with Crippen molar-refractivity contribution < 1.29 is 14.7 Å². The van der Waals surface area contributed by atoms with E-state index in [0.29, 0.717) is 42.3 Å². The average Bonchev–Trinajstić information content (AvgIpc) is 2.98. The van der Waals surface area contributed by atoms with E-state index in [1.54, 1.807) is 0 Å². The molecule has 1 aromatic rings. The number of nitrogens with one attached hydrogen (secondary N) is 1. The third kappa shape index (κ3) is 3.56. The van der Waals surface area contributed by atoms with Gasteiger partial charge >= 0.3 is 0 Å². The molecule has 0 unspecified atom stereocenters. The van der Waals surface area contributed by atoms with Gasteiger partial charge in [0.15, 0.2) is 0 Å². The summed E-state index contributed by atoms with van der Waals surface area (Å²) >= 11 is 0. The molecular formula is C26H37NO3. The van der Waals surface area contributed by atoms with Gasteiger partial charge in [-0.1, -0.05) is 33.3 Å². The number of carbonyl (C=O) groups excluding carboxylic acids is 2. The summed E-state index contributed by atoms with van der Waals surface area (Å²) in [4.78, 5) is 25.8. The van der Waals surface area contributed by atoms with Crippen molar-refractivity contribution in [3.8, 4) is 5.75 Å². The Balaban J connectivity index is 1.53. The summed E-state index contributed by atoms with van der Waals surface area (Å²) in [5.74, 6) is 2.07. The van der Waals surface area contributed by atoms with Crippen molar-refractivity contribution in [3.05, 3.63) is 28.8 Å². The molecule has 2 N–H and O–H groups in total. The SMILES string of the molecule is CCCCNC(=O)C[C@H]1C[C@H]2[C@@H]3CCc4cc(O)c(CC)cc4[C@H]3CC[C@]2(C)C1=O. The third-order valence-corrected chi connectivity index (χ3v) is 8.45. The third-order valence-electron chi connectivity index (χ3n) is 8.45. The largest absolute Gasteiger partial charge is 0.508 e. The van der Waals surface area contributed by atoms with Gasteiger partial charge in [0, 0.05) is 24.3 Å². The highest BCUT2D eigenvalue weighted by Gasteiger charge is 2.58. The van der Waals surface area contributed by atoms with Gasteiger partial charge in [0.2, 0.25) is 5.91 Å². The highest BCUT2D eigenvalue weighted by molar-refractivity contribution is 5.93. The Kier molecular flexibility index (Phi) is 5.96. The number of hydrogen-bond donors (Lipinski definition) is 2. The number of carbonyl (C=O) groups is 2. The van der Waals surface area contributed by atoms with Crippen LogP contribution in [0.25, 0.3) is 0 Å². The van der Waals surface area contributed by atoms with Crippen molar-refractivity contribution in [2.45, 2.75) is 84.5 Å². The molecule has 3 aliphatic carbocycles. The molecule has 1 aromatic carbocycles. The number of unbranched alkanes of at least 4 members (excludes halogenated alkanes) is 1. The predicted molar refractivity (Wildman–Crippen MR) is 119 cm³/mol. The fraction of sp³-hybridized carbons (Fsp3) is 0.692. The summed E-state index contributed by atoms with van der Waals surface area (Å²) in [7, 11) is 0. The maximum Gasteiger partial charge on any atom is 0.220 e. The molecule has 5 atom stereocenters. The van der Waals surface area contributed by atoms with Crippen LogP contribution in [0.1, 0.15) is 88.3 Å². The minimum absolute atomic E-state index is 0.0395. The zero-order chi connectivity index (χ0) is 21.5. The second-order valence-corrected chi connectivity index (χ2v) is 10.1. The number of Topliss-reactive ketones (excluding diaryl/α,β-unsaturated/α-hetero) is 1. The number of amides is 1. The van der Waals surface area contributed by atoms with Gasteiger partial charge in [0.25, 0.3) is 0 Å². The van der Waals surface area contributed by atoms with E-state index in [4.69, 9.17) is 0 Å². The van der Waals surface area contributed by atoms with Gasteiger partial charge in [0.1, 0.15) is 11.5 Å². The van der Waals surface area contributed by atoms with E-state index >= 15 is 0 Å². The first-order valence-electron chi connectivity index (χ1n) is 12.0. The summed E-state index contributed by atoms with van der Waals surface area (Å²) in [5.41, 5.74) is 3.48. The van der Waals surface area contributed by atoms with Crippen LogP contribution < -0.4 is 5.32 Å². The Bertz CT molecular complexity index is 832. The Morgan fingerprint density at radius 2 is 2.07 bits per heavy atom. The van der Waals surface area contributed by atoms with Crippen molar-refractivity contribution in [1.82, 2.24) is 5.32 Å². The number of phenolic OH excluding ortho intramolecular Hbond substituents is 1. The van der Waals surface area contributed by atoms with Gasteiger partial charge in [-0.25, -0.2) is 0 Å². The number of benzene rings is 1. The lowest BCUT2D eigenvalue weighted by atomic mass is 9.55. The van der Waals surface area contributed by atoms with Gasteiger partial charge in [0.05, 0.1) is 0 Å². The molecule has 2 fully saturated rings. The maximum atomic E-state index is 13.4. The van der Waals surface area contributed by atoms with Crippen LogP contribution in [-0.2, 0) is 22.4 Å². The molecule has 2 saturated carbocycles. The van der Waals surface area contributed by atoms with E-state index in [9.17, 15) is 14.7 Å². The molecule has 4 nitrogen and oxygen atoms in total. The Labute approximate surface area is 180 Å². The molecule has 4 heteroatoms. The summed E-state index contributed by atoms with van der Waals surface area (Å²) in [6.07, 6.45) is 8.15. The average molecular weight is 412 g/mol.